The zero-order valence-electron chi connectivity index (χ0n) is 24.1. The third-order valence-corrected chi connectivity index (χ3v) is 11.0. The SMILES string of the molecule is CC(C)CC[C@H](NS(=O)(=O)c1cc(Cl)c(Cl)s1)C(=O)N[C@@H](Cc1ccc(I)cc1)C(=O)N[C@@H](CC(F)(F)F)C(=O)NCCCCl. The maximum atomic E-state index is 13.6. The Morgan fingerprint density at radius 3 is 2.09 bits per heavy atom. The average Bonchev–Trinajstić information content (AvgIpc) is 3.29. The number of carbonyl (C=O) groups excluding carboxylic acids is 3. The first kappa shape index (κ1) is 39.8. The highest BCUT2D eigenvalue weighted by atomic mass is 127. The molecule has 0 fully saturated rings. The smallest absolute Gasteiger partial charge is 0.354 e. The highest BCUT2D eigenvalue weighted by Crippen LogP contribution is 2.34. The number of alkyl halides is 4. The summed E-state index contributed by atoms with van der Waals surface area (Å²) in [6.07, 6.45) is -5.88. The molecule has 4 N–H and O–H groups in total. The van der Waals surface area contributed by atoms with Crippen LogP contribution in [-0.4, -0.2) is 62.9 Å². The van der Waals surface area contributed by atoms with E-state index >= 15 is 0 Å². The lowest BCUT2D eigenvalue weighted by Crippen LogP contribution is -2.58. The summed E-state index contributed by atoms with van der Waals surface area (Å²) < 4.78 is 69.4. The van der Waals surface area contributed by atoms with Crippen LogP contribution in [0.25, 0.3) is 0 Å². The molecule has 252 valence electrons. The third-order valence-electron chi connectivity index (χ3n) is 6.20. The number of thiophene rings is 1. The van der Waals surface area contributed by atoms with E-state index in [0.29, 0.717) is 29.7 Å². The molecule has 45 heavy (non-hydrogen) atoms. The van der Waals surface area contributed by atoms with E-state index in [1.165, 1.54) is 0 Å². The van der Waals surface area contributed by atoms with Gasteiger partial charge in [-0.2, -0.15) is 17.9 Å². The highest BCUT2D eigenvalue weighted by Gasteiger charge is 2.38. The van der Waals surface area contributed by atoms with Crippen molar-refractivity contribution < 1.29 is 36.0 Å². The van der Waals surface area contributed by atoms with Gasteiger partial charge in [-0.05, 0) is 71.5 Å². The lowest BCUT2D eigenvalue weighted by Gasteiger charge is -2.26. The second-order valence-corrected chi connectivity index (χ2v) is 16.1. The summed E-state index contributed by atoms with van der Waals surface area (Å²) in [4.78, 5) is 39.6. The van der Waals surface area contributed by atoms with Gasteiger partial charge in [-0.25, -0.2) is 8.42 Å². The molecule has 3 amide bonds. The molecule has 0 saturated carbocycles. The minimum atomic E-state index is -4.80. The Balaban J connectivity index is 2.39. The Hall–Kier alpha value is -1.37. The molecule has 0 aliphatic heterocycles. The van der Waals surface area contributed by atoms with E-state index in [0.717, 1.165) is 9.64 Å². The van der Waals surface area contributed by atoms with Gasteiger partial charge in [0.2, 0.25) is 17.7 Å². The Morgan fingerprint density at radius 1 is 0.956 bits per heavy atom. The standard InChI is InChI=1S/C27H33Cl3F3IN4O5S2/c1-15(2)4-9-19(38-45(42,43)22-13-18(29)23(30)44-22)25(40)36-20(12-16-5-7-17(34)8-6-16)26(41)37-21(14-27(31,32)33)24(39)35-11-3-10-28/h5-8,13,15,19-21,38H,3-4,9-12,14H2,1-2H3,(H,35,39)(H,36,40)(H,37,41)/t19-,20-,21-/m0/s1. The number of sulfonamides is 1. The van der Waals surface area contributed by atoms with E-state index < -0.39 is 58.5 Å². The van der Waals surface area contributed by atoms with Gasteiger partial charge in [-0.15, -0.1) is 22.9 Å². The molecular weight excluding hydrogens is 815 g/mol. The summed E-state index contributed by atoms with van der Waals surface area (Å²) in [5, 5.41) is 6.95. The lowest BCUT2D eigenvalue weighted by molar-refractivity contribution is -0.151. The van der Waals surface area contributed by atoms with Crippen molar-refractivity contribution in [3.8, 4) is 0 Å². The molecule has 0 aliphatic carbocycles. The van der Waals surface area contributed by atoms with Crippen molar-refractivity contribution in [1.29, 1.82) is 0 Å². The normalized spacial score (nSPS) is 14.1. The summed E-state index contributed by atoms with van der Waals surface area (Å²) in [6, 6.07) is 3.12. The van der Waals surface area contributed by atoms with Crippen LogP contribution in [0.3, 0.4) is 0 Å². The van der Waals surface area contributed by atoms with Crippen LogP contribution in [0.4, 0.5) is 13.2 Å². The van der Waals surface area contributed by atoms with E-state index in [1.54, 1.807) is 24.3 Å². The first-order chi connectivity index (χ1) is 20.9. The molecular formula is C27H33Cl3F3IN4O5S2. The fourth-order valence-electron chi connectivity index (χ4n) is 3.90. The van der Waals surface area contributed by atoms with Gasteiger partial charge in [-0.1, -0.05) is 49.2 Å². The van der Waals surface area contributed by atoms with Crippen LogP contribution in [-0.2, 0) is 30.8 Å². The molecule has 9 nitrogen and oxygen atoms in total. The maximum absolute atomic E-state index is 13.6. The molecule has 0 radical (unpaired) electrons. The van der Waals surface area contributed by atoms with E-state index in [1.807, 2.05) is 13.8 Å². The lowest BCUT2D eigenvalue weighted by atomic mass is 10.0. The molecule has 0 bridgehead atoms. The van der Waals surface area contributed by atoms with Crippen LogP contribution in [0, 0.1) is 9.49 Å². The second kappa shape index (κ2) is 18.2. The van der Waals surface area contributed by atoms with Gasteiger partial charge in [0.15, 0.2) is 0 Å². The number of hydrogen-bond donors (Lipinski definition) is 4. The molecule has 3 atom stereocenters. The van der Waals surface area contributed by atoms with E-state index in [-0.39, 0.29) is 44.8 Å². The third kappa shape index (κ3) is 14.1. The zero-order valence-corrected chi connectivity index (χ0v) is 30.2. The number of amides is 3. The zero-order chi connectivity index (χ0) is 33.9. The van der Waals surface area contributed by atoms with Crippen molar-refractivity contribution in [2.45, 2.75) is 74.5 Å². The largest absolute Gasteiger partial charge is 0.391 e. The van der Waals surface area contributed by atoms with Crippen molar-refractivity contribution in [3.63, 3.8) is 0 Å². The summed E-state index contributed by atoms with van der Waals surface area (Å²) >= 11 is 20.2. The predicted molar refractivity (Wildman–Crippen MR) is 178 cm³/mol. The van der Waals surface area contributed by atoms with E-state index in [9.17, 15) is 36.0 Å². The molecule has 1 aromatic carbocycles. The van der Waals surface area contributed by atoms with Gasteiger partial charge in [0.1, 0.15) is 26.7 Å². The molecule has 0 spiro atoms. The molecule has 2 aromatic rings. The molecule has 2 rings (SSSR count). The van der Waals surface area contributed by atoms with Gasteiger partial charge in [0, 0.05) is 22.4 Å². The van der Waals surface area contributed by atoms with Crippen molar-refractivity contribution in [3.05, 3.63) is 48.8 Å². The van der Waals surface area contributed by atoms with E-state index in [4.69, 9.17) is 34.8 Å². The number of hydrogen-bond acceptors (Lipinski definition) is 6. The average molecular weight is 848 g/mol. The molecule has 1 aromatic heterocycles. The topological polar surface area (TPSA) is 133 Å². The second-order valence-electron chi connectivity index (χ2n) is 10.4. The maximum Gasteiger partial charge on any atom is 0.391 e. The van der Waals surface area contributed by atoms with E-state index in [2.05, 4.69) is 43.3 Å². The van der Waals surface area contributed by atoms with Gasteiger partial charge in [0.25, 0.3) is 10.0 Å². The Bertz CT molecular complexity index is 1390. The summed E-state index contributed by atoms with van der Waals surface area (Å²) in [7, 11) is -4.29. The summed E-state index contributed by atoms with van der Waals surface area (Å²) in [5.41, 5.74) is 0.553. The molecule has 0 aliphatic rings. The van der Waals surface area contributed by atoms with Crippen LogP contribution in [0.5, 0.6) is 0 Å². The number of benzene rings is 1. The number of nitrogens with one attached hydrogen (secondary N) is 4. The van der Waals surface area contributed by atoms with Crippen molar-refractivity contribution in [2.24, 2.45) is 5.92 Å². The van der Waals surface area contributed by atoms with Crippen molar-refractivity contribution in [2.75, 3.05) is 12.4 Å². The first-order valence-electron chi connectivity index (χ1n) is 13.6. The van der Waals surface area contributed by atoms with Gasteiger partial charge >= 0.3 is 6.18 Å². The Labute approximate surface area is 292 Å². The van der Waals surface area contributed by atoms with Crippen LogP contribution in [0.2, 0.25) is 9.36 Å². The van der Waals surface area contributed by atoms with Crippen LogP contribution < -0.4 is 20.7 Å². The quantitative estimate of drug-likeness (QED) is 0.0929. The first-order valence-corrected chi connectivity index (χ1v) is 18.3. The fraction of sp³-hybridized carbons (Fsp3) is 0.519. The summed E-state index contributed by atoms with van der Waals surface area (Å²) in [5.74, 6) is -2.79. The molecule has 0 saturated heterocycles. The minimum absolute atomic E-state index is 0.00624. The van der Waals surface area contributed by atoms with Crippen molar-refractivity contribution in [1.82, 2.24) is 20.7 Å². The monoisotopic (exact) mass is 846 g/mol. The number of halogens is 7. The molecule has 18 heteroatoms. The molecule has 1 heterocycles. The van der Waals surface area contributed by atoms with Crippen LogP contribution in [0.15, 0.2) is 34.5 Å². The van der Waals surface area contributed by atoms with Crippen molar-refractivity contribution >= 4 is 96.5 Å². The number of rotatable bonds is 17. The minimum Gasteiger partial charge on any atom is -0.354 e. The number of carbonyl (C=O) groups is 3. The summed E-state index contributed by atoms with van der Waals surface area (Å²) in [6.45, 7) is 3.73. The van der Waals surface area contributed by atoms with Crippen LogP contribution in [0.1, 0.15) is 45.1 Å². The Morgan fingerprint density at radius 2 is 1.56 bits per heavy atom. The van der Waals surface area contributed by atoms with Gasteiger partial charge < -0.3 is 16.0 Å². The van der Waals surface area contributed by atoms with Gasteiger partial charge in [0.05, 0.1) is 11.4 Å². The van der Waals surface area contributed by atoms with Gasteiger partial charge in [-0.3, -0.25) is 14.4 Å². The van der Waals surface area contributed by atoms with Crippen LogP contribution >= 0.6 is 68.7 Å². The highest BCUT2D eigenvalue weighted by molar-refractivity contribution is 14.1. The Kier molecular flexibility index (Phi) is 16.1. The predicted octanol–water partition coefficient (Wildman–Crippen LogP) is 5.65. The molecule has 0 unspecified atom stereocenters. The fourth-order valence-corrected chi connectivity index (χ4v) is 7.52.